The maximum atomic E-state index is 14.3. The van der Waals surface area contributed by atoms with Crippen molar-refractivity contribution in [1.29, 1.82) is 5.41 Å². The minimum absolute atomic E-state index is 0.152. The van der Waals surface area contributed by atoms with Crippen LogP contribution in [0.25, 0.3) is 5.57 Å². The molecule has 0 spiro atoms. The second kappa shape index (κ2) is 9.12. The van der Waals surface area contributed by atoms with Crippen LogP contribution in [0.1, 0.15) is 31.9 Å². The van der Waals surface area contributed by atoms with E-state index in [2.05, 4.69) is 10.6 Å². The van der Waals surface area contributed by atoms with Crippen LogP contribution in [0.2, 0.25) is 0 Å². The molecule has 0 bridgehead atoms. The Labute approximate surface area is 162 Å². The summed E-state index contributed by atoms with van der Waals surface area (Å²) in [5, 5.41) is 13.1. The number of halogens is 2. The van der Waals surface area contributed by atoms with Gasteiger partial charge in [-0.05, 0) is 62.7 Å². The van der Waals surface area contributed by atoms with Gasteiger partial charge in [0.15, 0.2) is 0 Å². The van der Waals surface area contributed by atoms with Gasteiger partial charge in [-0.1, -0.05) is 6.07 Å². The lowest BCUT2D eigenvalue weighted by molar-refractivity contribution is 0.0523. The number of amides is 1. The first-order chi connectivity index (χ1) is 13.2. The predicted octanol–water partition coefficient (Wildman–Crippen LogP) is 5.09. The number of hydrogen-bond acceptors (Lipinski definition) is 4. The Morgan fingerprint density at radius 1 is 1.14 bits per heavy atom. The second-order valence-corrected chi connectivity index (χ2v) is 7.06. The van der Waals surface area contributed by atoms with E-state index in [1.54, 1.807) is 32.9 Å². The minimum Gasteiger partial charge on any atom is -0.444 e. The highest BCUT2D eigenvalue weighted by Gasteiger charge is 2.16. The van der Waals surface area contributed by atoms with Crippen molar-refractivity contribution in [1.82, 2.24) is 5.32 Å². The zero-order valence-electron chi connectivity index (χ0n) is 16.0. The minimum atomic E-state index is -0.611. The number of alkyl carbamates (subject to hydrolysis) is 1. The molecule has 2 aromatic rings. The van der Waals surface area contributed by atoms with Gasteiger partial charge in [0.05, 0.1) is 0 Å². The molecule has 1 amide bonds. The summed E-state index contributed by atoms with van der Waals surface area (Å²) < 4.78 is 32.4. The molecule has 0 heterocycles. The number of benzene rings is 2. The second-order valence-electron chi connectivity index (χ2n) is 7.06. The lowest BCUT2D eigenvalue weighted by Gasteiger charge is -2.19. The Balaban J connectivity index is 2.13. The zero-order chi connectivity index (χ0) is 20.7. The molecular formula is C21H23F2N3O2. The molecule has 0 aliphatic rings. The summed E-state index contributed by atoms with van der Waals surface area (Å²) >= 11 is 0. The van der Waals surface area contributed by atoms with Crippen molar-refractivity contribution in [3.63, 3.8) is 0 Å². The van der Waals surface area contributed by atoms with E-state index < -0.39 is 17.5 Å². The van der Waals surface area contributed by atoms with Gasteiger partial charge in [-0.2, -0.15) is 0 Å². The molecule has 0 aromatic heterocycles. The van der Waals surface area contributed by atoms with Gasteiger partial charge >= 0.3 is 6.09 Å². The normalized spacial score (nSPS) is 11.7. The van der Waals surface area contributed by atoms with Gasteiger partial charge in [-0.25, -0.2) is 13.6 Å². The van der Waals surface area contributed by atoms with Crippen LogP contribution in [0.15, 0.2) is 48.7 Å². The Morgan fingerprint density at radius 2 is 1.82 bits per heavy atom. The van der Waals surface area contributed by atoms with Gasteiger partial charge in [-0.15, -0.1) is 0 Å². The molecule has 0 unspecified atom stereocenters. The molecule has 28 heavy (non-hydrogen) atoms. The largest absolute Gasteiger partial charge is 0.444 e. The zero-order valence-corrected chi connectivity index (χ0v) is 16.0. The van der Waals surface area contributed by atoms with Crippen LogP contribution in [0.5, 0.6) is 0 Å². The molecule has 2 aromatic carbocycles. The van der Waals surface area contributed by atoms with Gasteiger partial charge in [0.25, 0.3) is 0 Å². The molecule has 0 atom stereocenters. The quantitative estimate of drug-likeness (QED) is 0.604. The van der Waals surface area contributed by atoms with E-state index in [-0.39, 0.29) is 17.9 Å². The fourth-order valence-corrected chi connectivity index (χ4v) is 2.30. The van der Waals surface area contributed by atoms with Crippen LogP contribution in [-0.2, 0) is 11.3 Å². The van der Waals surface area contributed by atoms with Crippen LogP contribution in [-0.4, -0.2) is 17.9 Å². The maximum Gasteiger partial charge on any atom is 0.407 e. The molecule has 148 valence electrons. The molecule has 5 nitrogen and oxygen atoms in total. The molecule has 2 rings (SSSR count). The lowest BCUT2D eigenvalue weighted by Crippen LogP contribution is -2.32. The Hall–Kier alpha value is -3.22. The van der Waals surface area contributed by atoms with Gasteiger partial charge in [0, 0.05) is 35.8 Å². The summed E-state index contributed by atoms with van der Waals surface area (Å²) in [6.45, 7) is 5.44. The lowest BCUT2D eigenvalue weighted by atomic mass is 10.0. The molecule has 0 aliphatic carbocycles. The van der Waals surface area contributed by atoms with Crippen molar-refractivity contribution in [2.45, 2.75) is 32.9 Å². The fraction of sp³-hybridized carbons (Fsp3) is 0.238. The van der Waals surface area contributed by atoms with Crippen molar-refractivity contribution in [2.24, 2.45) is 0 Å². The van der Waals surface area contributed by atoms with Crippen LogP contribution >= 0.6 is 0 Å². The number of carbonyl (C=O) groups is 1. The number of anilines is 1. The van der Waals surface area contributed by atoms with Crippen LogP contribution in [0.4, 0.5) is 19.3 Å². The number of ether oxygens (including phenoxy) is 1. The van der Waals surface area contributed by atoms with E-state index in [0.717, 1.165) is 6.21 Å². The maximum absolute atomic E-state index is 14.3. The topological polar surface area (TPSA) is 74.2 Å². The van der Waals surface area contributed by atoms with Crippen LogP contribution in [0.3, 0.4) is 0 Å². The van der Waals surface area contributed by atoms with Gasteiger partial charge in [0.2, 0.25) is 0 Å². The van der Waals surface area contributed by atoms with Crippen molar-refractivity contribution >= 4 is 23.6 Å². The SMILES string of the molecule is CC(C)(C)OC(=O)NCc1ccc(F)c(/C(C=N)=C/Nc2ccc(F)cc2)c1. The van der Waals surface area contributed by atoms with Gasteiger partial charge < -0.3 is 20.8 Å². The van der Waals surface area contributed by atoms with E-state index in [1.165, 1.54) is 36.5 Å². The van der Waals surface area contributed by atoms with Gasteiger partial charge in [0.1, 0.15) is 17.2 Å². The van der Waals surface area contributed by atoms with Crippen LogP contribution in [0, 0.1) is 17.0 Å². The monoisotopic (exact) mass is 387 g/mol. The van der Waals surface area contributed by atoms with E-state index in [4.69, 9.17) is 10.1 Å². The Morgan fingerprint density at radius 3 is 2.43 bits per heavy atom. The first-order valence-corrected chi connectivity index (χ1v) is 8.66. The Kier molecular flexibility index (Phi) is 6.87. The standard InChI is InChI=1S/C21H23F2N3O2/c1-21(2,3)28-20(27)26-12-14-4-9-19(23)18(10-14)15(11-24)13-25-17-7-5-16(22)6-8-17/h4-11,13,24-25H,12H2,1-3H3,(H,26,27)/b15-13+,24-11?. The Bertz CT molecular complexity index is 872. The van der Waals surface area contributed by atoms with Crippen LogP contribution < -0.4 is 10.6 Å². The van der Waals surface area contributed by atoms with Crippen molar-refractivity contribution in [3.05, 3.63) is 71.4 Å². The molecule has 0 fully saturated rings. The predicted molar refractivity (Wildman–Crippen MR) is 106 cm³/mol. The highest BCUT2D eigenvalue weighted by molar-refractivity contribution is 6.08. The third kappa shape index (κ3) is 6.50. The summed E-state index contributed by atoms with van der Waals surface area (Å²) in [6.07, 6.45) is 1.91. The van der Waals surface area contributed by atoms with Crippen molar-refractivity contribution < 1.29 is 18.3 Å². The highest BCUT2D eigenvalue weighted by Crippen LogP contribution is 2.20. The highest BCUT2D eigenvalue weighted by atomic mass is 19.1. The van der Waals surface area contributed by atoms with E-state index in [9.17, 15) is 13.6 Å². The summed E-state index contributed by atoms with van der Waals surface area (Å²) in [5.74, 6) is -0.866. The van der Waals surface area contributed by atoms with E-state index in [0.29, 0.717) is 16.8 Å². The smallest absolute Gasteiger partial charge is 0.407 e. The molecule has 7 heteroatoms. The first-order valence-electron chi connectivity index (χ1n) is 8.66. The fourth-order valence-electron chi connectivity index (χ4n) is 2.30. The molecule has 0 aliphatic heterocycles. The van der Waals surface area contributed by atoms with Gasteiger partial charge in [-0.3, -0.25) is 0 Å². The third-order valence-electron chi connectivity index (χ3n) is 3.57. The third-order valence-corrected chi connectivity index (χ3v) is 3.57. The van der Waals surface area contributed by atoms with Crippen molar-refractivity contribution in [2.75, 3.05) is 5.32 Å². The summed E-state index contributed by atoms with van der Waals surface area (Å²) in [4.78, 5) is 11.8. The number of carbonyl (C=O) groups excluding carboxylic acids is 1. The van der Waals surface area contributed by atoms with E-state index >= 15 is 0 Å². The number of rotatable bonds is 6. The van der Waals surface area contributed by atoms with Crippen molar-refractivity contribution in [3.8, 4) is 0 Å². The van der Waals surface area contributed by atoms with E-state index in [1.807, 2.05) is 0 Å². The number of nitrogens with one attached hydrogen (secondary N) is 3. The first kappa shape index (κ1) is 21.1. The average Bonchev–Trinajstić information content (AvgIpc) is 2.62. The number of hydrogen-bond donors (Lipinski definition) is 3. The molecule has 0 saturated heterocycles. The molecule has 0 saturated carbocycles. The average molecular weight is 387 g/mol. The molecule has 0 radical (unpaired) electrons. The summed E-state index contributed by atoms with van der Waals surface area (Å²) in [7, 11) is 0. The summed E-state index contributed by atoms with van der Waals surface area (Å²) in [5.41, 5.74) is 1.13. The molecule has 3 N–H and O–H groups in total. The summed E-state index contributed by atoms with van der Waals surface area (Å²) in [6, 6.07) is 10.0. The molecular weight excluding hydrogens is 364 g/mol. The number of allylic oxidation sites excluding steroid dienone is 1.